The molecule has 2 aliphatic heterocycles. The lowest BCUT2D eigenvalue weighted by molar-refractivity contribution is 0.248. The summed E-state index contributed by atoms with van der Waals surface area (Å²) < 4.78 is 0. The average molecular weight is 399 g/mol. The van der Waals surface area contributed by atoms with Gasteiger partial charge in [-0.2, -0.15) is 0 Å². The van der Waals surface area contributed by atoms with Crippen LogP contribution >= 0.6 is 11.8 Å². The number of nitrogens with zero attached hydrogens (tertiary/aromatic N) is 1. The van der Waals surface area contributed by atoms with Gasteiger partial charge in [-0.15, -0.1) is 0 Å². The van der Waals surface area contributed by atoms with Gasteiger partial charge in [0.2, 0.25) is 0 Å². The first-order chi connectivity index (χ1) is 14.3. The maximum Gasteiger partial charge on any atom is 0.0337 e. The van der Waals surface area contributed by atoms with Crippen molar-refractivity contribution in [3.63, 3.8) is 0 Å². The van der Waals surface area contributed by atoms with Gasteiger partial charge in [-0.3, -0.25) is 4.90 Å². The lowest BCUT2D eigenvalue weighted by Crippen LogP contribution is -2.30. The monoisotopic (exact) mass is 398 g/mol. The first kappa shape index (κ1) is 18.5. The molecule has 0 bridgehead atoms. The van der Waals surface area contributed by atoms with Crippen LogP contribution in [0, 0.1) is 0 Å². The number of hydrogen-bond donors (Lipinski definition) is 1. The highest BCUT2D eigenvalue weighted by Gasteiger charge is 2.25. The first-order valence-electron chi connectivity index (χ1n) is 10.4. The van der Waals surface area contributed by atoms with Gasteiger partial charge < -0.3 is 5.32 Å². The molecule has 3 aromatic carbocycles. The number of piperidine rings is 1. The van der Waals surface area contributed by atoms with Crippen molar-refractivity contribution >= 4 is 23.0 Å². The minimum absolute atomic E-state index is 1.04. The zero-order valence-corrected chi connectivity index (χ0v) is 17.6. The number of rotatable bonds is 3. The SMILES string of the molecule is CNc1ccc(CN2CCC(=C3c4ccccc4Sc4ccccc43)CC2)cc1. The molecule has 0 aliphatic carbocycles. The first-order valence-corrected chi connectivity index (χ1v) is 11.2. The third kappa shape index (κ3) is 3.73. The summed E-state index contributed by atoms with van der Waals surface area (Å²) in [5, 5.41) is 3.19. The molecule has 0 saturated carbocycles. The number of hydrogen-bond acceptors (Lipinski definition) is 3. The molecule has 1 N–H and O–H groups in total. The van der Waals surface area contributed by atoms with E-state index in [1.54, 1.807) is 5.57 Å². The highest BCUT2D eigenvalue weighted by Crippen LogP contribution is 2.47. The van der Waals surface area contributed by atoms with E-state index in [4.69, 9.17) is 0 Å². The molecule has 0 spiro atoms. The second kappa shape index (κ2) is 8.10. The van der Waals surface area contributed by atoms with Crippen molar-refractivity contribution in [2.45, 2.75) is 29.2 Å². The molecule has 0 amide bonds. The minimum Gasteiger partial charge on any atom is -0.388 e. The van der Waals surface area contributed by atoms with Crippen LogP contribution in [0.15, 0.2) is 88.2 Å². The number of anilines is 1. The van der Waals surface area contributed by atoms with Gasteiger partial charge in [0, 0.05) is 42.2 Å². The molecule has 1 saturated heterocycles. The molecule has 2 nitrogen and oxygen atoms in total. The average Bonchev–Trinajstić information content (AvgIpc) is 2.78. The van der Waals surface area contributed by atoms with Crippen molar-refractivity contribution in [3.8, 4) is 0 Å². The van der Waals surface area contributed by atoms with Gasteiger partial charge in [0.05, 0.1) is 0 Å². The number of nitrogens with one attached hydrogen (secondary N) is 1. The minimum atomic E-state index is 1.04. The summed E-state index contributed by atoms with van der Waals surface area (Å²) >= 11 is 1.91. The van der Waals surface area contributed by atoms with Gasteiger partial charge in [-0.25, -0.2) is 0 Å². The number of benzene rings is 3. The summed E-state index contributed by atoms with van der Waals surface area (Å²) in [4.78, 5) is 5.37. The van der Waals surface area contributed by atoms with Crippen LogP contribution in [0.3, 0.4) is 0 Å². The molecular weight excluding hydrogens is 372 g/mol. The fourth-order valence-corrected chi connectivity index (χ4v) is 5.53. The Hall–Kier alpha value is -2.49. The second-order valence-electron chi connectivity index (χ2n) is 7.80. The van der Waals surface area contributed by atoms with Crippen molar-refractivity contribution in [1.82, 2.24) is 4.90 Å². The summed E-state index contributed by atoms with van der Waals surface area (Å²) in [6.07, 6.45) is 2.30. The van der Waals surface area contributed by atoms with Crippen LogP contribution in [-0.2, 0) is 6.54 Å². The summed E-state index contributed by atoms with van der Waals surface area (Å²) in [5.41, 5.74) is 8.52. The van der Waals surface area contributed by atoms with E-state index >= 15 is 0 Å². The normalized spacial score (nSPS) is 16.3. The van der Waals surface area contributed by atoms with E-state index in [0.29, 0.717) is 0 Å². The van der Waals surface area contributed by atoms with Crippen LogP contribution in [-0.4, -0.2) is 25.0 Å². The summed E-state index contributed by atoms with van der Waals surface area (Å²) in [6.45, 7) is 3.30. The quantitative estimate of drug-likeness (QED) is 0.436. The highest BCUT2D eigenvalue weighted by atomic mass is 32.2. The molecule has 2 heterocycles. The van der Waals surface area contributed by atoms with Gasteiger partial charge in [-0.05, 0) is 59.4 Å². The molecule has 1 fully saturated rings. The van der Waals surface area contributed by atoms with Crippen LogP contribution < -0.4 is 5.32 Å². The van der Waals surface area contributed by atoms with Crippen LogP contribution in [0.1, 0.15) is 29.5 Å². The zero-order valence-electron chi connectivity index (χ0n) is 16.8. The van der Waals surface area contributed by atoms with Crippen molar-refractivity contribution < 1.29 is 0 Å². The molecule has 29 heavy (non-hydrogen) atoms. The molecule has 3 aromatic rings. The van der Waals surface area contributed by atoms with Gasteiger partial charge in [0.1, 0.15) is 0 Å². The van der Waals surface area contributed by atoms with E-state index < -0.39 is 0 Å². The predicted molar refractivity (Wildman–Crippen MR) is 124 cm³/mol. The molecular formula is C26H26N2S. The van der Waals surface area contributed by atoms with E-state index in [2.05, 4.69) is 83.0 Å². The molecule has 0 aromatic heterocycles. The molecule has 2 aliphatic rings. The molecule has 0 atom stereocenters. The number of likely N-dealkylation sites (tertiary alicyclic amines) is 1. The fourth-order valence-electron chi connectivity index (χ4n) is 4.43. The van der Waals surface area contributed by atoms with Crippen molar-refractivity contribution in [2.75, 3.05) is 25.5 Å². The Labute approximate surface area is 177 Å². The van der Waals surface area contributed by atoms with Crippen molar-refractivity contribution in [3.05, 3.63) is 95.1 Å². The topological polar surface area (TPSA) is 15.3 Å². The standard InChI is InChI=1S/C26H26N2S/c1-27-21-12-10-19(11-13-21)18-28-16-14-20(15-17-28)26-22-6-2-4-8-24(22)29-25-9-5-3-7-23(25)26/h2-13,27H,14-18H2,1H3. The van der Waals surface area contributed by atoms with Crippen LogP contribution in [0.5, 0.6) is 0 Å². The summed E-state index contributed by atoms with van der Waals surface area (Å²) in [5.74, 6) is 0. The third-order valence-electron chi connectivity index (χ3n) is 5.99. The molecule has 0 unspecified atom stereocenters. The lowest BCUT2D eigenvalue weighted by Gasteiger charge is -2.32. The van der Waals surface area contributed by atoms with E-state index in [0.717, 1.165) is 32.5 Å². The Kier molecular flexibility index (Phi) is 5.17. The predicted octanol–water partition coefficient (Wildman–Crippen LogP) is 6.29. The largest absolute Gasteiger partial charge is 0.388 e. The van der Waals surface area contributed by atoms with Gasteiger partial charge in [0.15, 0.2) is 0 Å². The summed E-state index contributed by atoms with van der Waals surface area (Å²) in [7, 11) is 1.97. The van der Waals surface area contributed by atoms with E-state index in [-0.39, 0.29) is 0 Å². The van der Waals surface area contributed by atoms with E-state index in [1.807, 2.05) is 18.8 Å². The molecule has 5 rings (SSSR count). The maximum absolute atomic E-state index is 3.19. The van der Waals surface area contributed by atoms with Crippen molar-refractivity contribution in [1.29, 1.82) is 0 Å². The van der Waals surface area contributed by atoms with E-state index in [9.17, 15) is 0 Å². The molecule has 0 radical (unpaired) electrons. The highest BCUT2D eigenvalue weighted by molar-refractivity contribution is 7.99. The van der Waals surface area contributed by atoms with Crippen LogP contribution in [0.4, 0.5) is 5.69 Å². The van der Waals surface area contributed by atoms with Crippen LogP contribution in [0.25, 0.3) is 5.57 Å². The summed E-state index contributed by atoms with van der Waals surface area (Å²) in [6, 6.07) is 26.6. The number of fused-ring (bicyclic) bond motifs is 2. The Bertz CT molecular complexity index is 995. The Morgan fingerprint density at radius 3 is 1.97 bits per heavy atom. The van der Waals surface area contributed by atoms with Gasteiger partial charge in [-0.1, -0.05) is 65.9 Å². The zero-order chi connectivity index (χ0) is 19.6. The molecule has 3 heteroatoms. The van der Waals surface area contributed by atoms with Gasteiger partial charge >= 0.3 is 0 Å². The Balaban J connectivity index is 1.39. The molecule has 146 valence electrons. The van der Waals surface area contributed by atoms with E-state index in [1.165, 1.54) is 37.7 Å². The van der Waals surface area contributed by atoms with Gasteiger partial charge in [0.25, 0.3) is 0 Å². The maximum atomic E-state index is 3.19. The smallest absolute Gasteiger partial charge is 0.0337 e. The lowest BCUT2D eigenvalue weighted by atomic mass is 9.88. The Morgan fingerprint density at radius 2 is 1.38 bits per heavy atom. The third-order valence-corrected chi connectivity index (χ3v) is 7.15. The Morgan fingerprint density at radius 1 is 0.793 bits per heavy atom. The van der Waals surface area contributed by atoms with Crippen molar-refractivity contribution in [2.24, 2.45) is 0 Å². The second-order valence-corrected chi connectivity index (χ2v) is 8.88. The fraction of sp³-hybridized carbons (Fsp3) is 0.231. The van der Waals surface area contributed by atoms with Crippen LogP contribution in [0.2, 0.25) is 0 Å².